The van der Waals surface area contributed by atoms with Crippen molar-refractivity contribution in [1.29, 1.82) is 0 Å². The summed E-state index contributed by atoms with van der Waals surface area (Å²) < 4.78 is 5.22. The number of carbonyl (C=O) groups is 2. The molecule has 0 aliphatic rings. The number of rotatable bonds is 8. The fourth-order valence-electron chi connectivity index (χ4n) is 2.81. The van der Waals surface area contributed by atoms with Crippen LogP contribution in [0.1, 0.15) is 62.0 Å². The van der Waals surface area contributed by atoms with Crippen LogP contribution < -0.4 is 10.6 Å². The topological polar surface area (TPSA) is 67.4 Å². The summed E-state index contributed by atoms with van der Waals surface area (Å²) in [6.07, 6.45) is 1.79. The number of nitrogens with one attached hydrogen (secondary N) is 2. The summed E-state index contributed by atoms with van der Waals surface area (Å²) in [6, 6.07) is 14.3. The van der Waals surface area contributed by atoms with Crippen molar-refractivity contribution < 1.29 is 14.3 Å². The van der Waals surface area contributed by atoms with Crippen LogP contribution in [0, 0.1) is 0 Å². The standard InChI is InChI=1S/C24H30N2O3/c1-6-7-14-29-22(27)19-11-9-13-21(16-19)25-23(28)26-24(4,5)20-12-8-10-18(15-20)17(2)3/h8-13,15-16H,2,6-7,14H2,1,3-5H3,(H2,25,26,28). The van der Waals surface area contributed by atoms with E-state index in [2.05, 4.69) is 17.2 Å². The molecule has 5 nitrogen and oxygen atoms in total. The van der Waals surface area contributed by atoms with Crippen LogP contribution in [0.25, 0.3) is 5.57 Å². The molecule has 2 aromatic carbocycles. The molecule has 0 heterocycles. The molecule has 0 saturated carbocycles. The average molecular weight is 395 g/mol. The van der Waals surface area contributed by atoms with Gasteiger partial charge in [0.1, 0.15) is 0 Å². The van der Waals surface area contributed by atoms with E-state index in [9.17, 15) is 9.59 Å². The number of allylic oxidation sites excluding steroid dienone is 1. The van der Waals surface area contributed by atoms with Crippen molar-refractivity contribution in [1.82, 2.24) is 5.32 Å². The van der Waals surface area contributed by atoms with E-state index in [4.69, 9.17) is 4.74 Å². The molecular formula is C24H30N2O3. The van der Waals surface area contributed by atoms with Gasteiger partial charge in [0, 0.05) is 5.69 Å². The van der Waals surface area contributed by atoms with E-state index in [0.29, 0.717) is 17.9 Å². The van der Waals surface area contributed by atoms with Gasteiger partial charge in [0.05, 0.1) is 17.7 Å². The Kier molecular flexibility index (Phi) is 7.59. The monoisotopic (exact) mass is 394 g/mol. The first kappa shape index (κ1) is 22.2. The minimum absolute atomic E-state index is 0.354. The molecule has 0 bridgehead atoms. The van der Waals surface area contributed by atoms with Crippen LogP contribution in [0.4, 0.5) is 10.5 Å². The predicted molar refractivity (Wildman–Crippen MR) is 118 cm³/mol. The number of anilines is 1. The Morgan fingerprint density at radius 1 is 1.07 bits per heavy atom. The highest BCUT2D eigenvalue weighted by Gasteiger charge is 2.23. The van der Waals surface area contributed by atoms with E-state index in [1.807, 2.05) is 52.0 Å². The Balaban J connectivity index is 2.05. The number of benzene rings is 2. The summed E-state index contributed by atoms with van der Waals surface area (Å²) in [5.41, 5.74) is 3.32. The van der Waals surface area contributed by atoms with Gasteiger partial charge in [-0.25, -0.2) is 9.59 Å². The predicted octanol–water partition coefficient (Wildman–Crippen LogP) is 5.73. The van der Waals surface area contributed by atoms with Gasteiger partial charge in [-0.3, -0.25) is 0 Å². The molecule has 0 aliphatic heterocycles. The van der Waals surface area contributed by atoms with Crippen LogP contribution in [0.5, 0.6) is 0 Å². The first-order chi connectivity index (χ1) is 13.7. The summed E-state index contributed by atoms with van der Waals surface area (Å²) >= 11 is 0. The number of amides is 2. The van der Waals surface area contributed by atoms with Crippen molar-refractivity contribution in [2.45, 2.75) is 46.1 Å². The van der Waals surface area contributed by atoms with Gasteiger partial charge in [-0.2, -0.15) is 0 Å². The normalized spacial score (nSPS) is 10.9. The maximum atomic E-state index is 12.6. The summed E-state index contributed by atoms with van der Waals surface area (Å²) in [5.74, 6) is -0.389. The highest BCUT2D eigenvalue weighted by Crippen LogP contribution is 2.24. The number of urea groups is 1. The van der Waals surface area contributed by atoms with Gasteiger partial charge < -0.3 is 15.4 Å². The molecule has 0 aromatic heterocycles. The first-order valence-electron chi connectivity index (χ1n) is 9.85. The second-order valence-electron chi connectivity index (χ2n) is 7.64. The summed E-state index contributed by atoms with van der Waals surface area (Å²) in [4.78, 5) is 24.7. The quantitative estimate of drug-likeness (QED) is 0.443. The number of hydrogen-bond acceptors (Lipinski definition) is 3. The average Bonchev–Trinajstić information content (AvgIpc) is 2.68. The van der Waals surface area contributed by atoms with Crippen molar-refractivity contribution in [3.63, 3.8) is 0 Å². The zero-order valence-electron chi connectivity index (χ0n) is 17.7. The molecule has 0 spiro atoms. The molecule has 0 unspecified atom stereocenters. The summed E-state index contributed by atoms with van der Waals surface area (Å²) in [6.45, 7) is 12.2. The lowest BCUT2D eigenvalue weighted by Crippen LogP contribution is -2.43. The highest BCUT2D eigenvalue weighted by atomic mass is 16.5. The third kappa shape index (κ3) is 6.49. The Morgan fingerprint density at radius 3 is 2.45 bits per heavy atom. The van der Waals surface area contributed by atoms with E-state index in [1.165, 1.54) is 0 Å². The van der Waals surface area contributed by atoms with Gasteiger partial charge in [-0.05, 0) is 62.6 Å². The maximum absolute atomic E-state index is 12.6. The van der Waals surface area contributed by atoms with Gasteiger partial charge in [0.2, 0.25) is 0 Å². The first-order valence-corrected chi connectivity index (χ1v) is 9.85. The molecule has 5 heteroatoms. The Morgan fingerprint density at radius 2 is 1.76 bits per heavy atom. The van der Waals surface area contributed by atoms with Gasteiger partial charge in [0.15, 0.2) is 0 Å². The van der Waals surface area contributed by atoms with E-state index in [0.717, 1.165) is 29.5 Å². The molecule has 0 saturated heterocycles. The van der Waals surface area contributed by atoms with Crippen LogP contribution in [0.3, 0.4) is 0 Å². The Hall–Kier alpha value is -3.08. The molecule has 0 aliphatic carbocycles. The Labute approximate surface area is 173 Å². The van der Waals surface area contributed by atoms with Crippen LogP contribution >= 0.6 is 0 Å². The smallest absolute Gasteiger partial charge is 0.338 e. The second kappa shape index (κ2) is 9.92. The zero-order chi connectivity index (χ0) is 21.4. The minimum Gasteiger partial charge on any atom is -0.462 e. The van der Waals surface area contributed by atoms with Crippen LogP contribution in [0.2, 0.25) is 0 Å². The number of unbranched alkanes of at least 4 members (excludes halogenated alkanes) is 1. The number of hydrogen-bond donors (Lipinski definition) is 2. The molecule has 2 aromatic rings. The van der Waals surface area contributed by atoms with E-state index in [1.54, 1.807) is 24.3 Å². The highest BCUT2D eigenvalue weighted by molar-refractivity contribution is 5.94. The van der Waals surface area contributed by atoms with Gasteiger partial charge in [-0.1, -0.05) is 49.8 Å². The van der Waals surface area contributed by atoms with E-state index >= 15 is 0 Å². The molecule has 0 atom stereocenters. The lowest BCUT2D eigenvalue weighted by atomic mass is 9.92. The minimum atomic E-state index is -0.591. The fourth-order valence-corrected chi connectivity index (χ4v) is 2.81. The fraction of sp³-hybridized carbons (Fsp3) is 0.333. The molecule has 0 fully saturated rings. The van der Waals surface area contributed by atoms with Crippen molar-refractivity contribution in [2.24, 2.45) is 0 Å². The van der Waals surface area contributed by atoms with Crippen molar-refractivity contribution in [3.05, 3.63) is 71.8 Å². The zero-order valence-corrected chi connectivity index (χ0v) is 17.7. The summed E-state index contributed by atoms with van der Waals surface area (Å²) in [5, 5.41) is 5.77. The number of carbonyl (C=O) groups excluding carboxylic acids is 2. The van der Waals surface area contributed by atoms with Crippen molar-refractivity contribution in [2.75, 3.05) is 11.9 Å². The SMILES string of the molecule is C=C(C)c1cccc(C(C)(C)NC(=O)Nc2cccc(C(=O)OCCCC)c2)c1. The lowest BCUT2D eigenvalue weighted by molar-refractivity contribution is 0.0499. The van der Waals surface area contributed by atoms with E-state index < -0.39 is 5.54 Å². The lowest BCUT2D eigenvalue weighted by Gasteiger charge is -2.27. The van der Waals surface area contributed by atoms with Gasteiger partial charge >= 0.3 is 12.0 Å². The van der Waals surface area contributed by atoms with Crippen LogP contribution in [0.15, 0.2) is 55.1 Å². The molecule has 2 rings (SSSR count). The molecule has 29 heavy (non-hydrogen) atoms. The van der Waals surface area contributed by atoms with E-state index in [-0.39, 0.29) is 12.0 Å². The van der Waals surface area contributed by atoms with Crippen LogP contribution in [-0.2, 0) is 10.3 Å². The number of ether oxygens (including phenoxy) is 1. The molecular weight excluding hydrogens is 364 g/mol. The largest absolute Gasteiger partial charge is 0.462 e. The van der Waals surface area contributed by atoms with Crippen LogP contribution in [-0.4, -0.2) is 18.6 Å². The van der Waals surface area contributed by atoms with Crippen molar-refractivity contribution >= 4 is 23.3 Å². The van der Waals surface area contributed by atoms with Gasteiger partial charge in [0.25, 0.3) is 0 Å². The summed E-state index contributed by atoms with van der Waals surface area (Å²) in [7, 11) is 0. The maximum Gasteiger partial charge on any atom is 0.338 e. The Bertz CT molecular complexity index is 887. The molecule has 154 valence electrons. The van der Waals surface area contributed by atoms with Gasteiger partial charge in [-0.15, -0.1) is 0 Å². The second-order valence-corrected chi connectivity index (χ2v) is 7.64. The number of esters is 1. The third-order valence-corrected chi connectivity index (χ3v) is 4.59. The molecule has 2 N–H and O–H groups in total. The van der Waals surface area contributed by atoms with Crippen molar-refractivity contribution in [3.8, 4) is 0 Å². The molecule has 2 amide bonds. The third-order valence-electron chi connectivity index (χ3n) is 4.59. The molecule has 0 radical (unpaired) electrons.